The SMILES string of the molecule is CC([18F])SC1CC(=O)[N-]C1=O.CN[C-]=O.[CH3-].[Y+3]. The first-order valence-corrected chi connectivity index (χ1v) is 5.07. The minimum Gasteiger partial charge on any atom is -0.595 e. The Labute approximate surface area is 130 Å². The third-order valence-corrected chi connectivity index (χ3v) is 2.40. The molecule has 5 nitrogen and oxygen atoms in total. The van der Waals surface area contributed by atoms with Crippen LogP contribution in [0.2, 0.25) is 0 Å². The summed E-state index contributed by atoms with van der Waals surface area (Å²) in [5.41, 5.74) is -1.12. The van der Waals surface area contributed by atoms with Gasteiger partial charge < -0.3 is 32.4 Å². The Morgan fingerprint density at radius 1 is 1.59 bits per heavy atom. The van der Waals surface area contributed by atoms with E-state index >= 15 is 0 Å². The summed E-state index contributed by atoms with van der Waals surface area (Å²) in [5.74, 6) is -0.933. The van der Waals surface area contributed by atoms with Gasteiger partial charge >= 0.3 is 32.7 Å². The molecule has 3 amide bonds. The standard InChI is InChI=1S/C6H8FNO2S.C2H4NO.CH3.Y/c1-3(7)11-4-2-5(9)8-6(4)10;1-3-2-4;;/h3-4H,2H2,1H3,(H,8,9,10);1H3,(H,3,4);1H3;/q;2*-1;+3/p-1/i7-1;;;. The van der Waals surface area contributed by atoms with Crippen LogP contribution in [0.1, 0.15) is 13.3 Å². The Kier molecular flexibility index (Phi) is 16.3. The third-order valence-electron chi connectivity index (χ3n) is 1.32. The summed E-state index contributed by atoms with van der Waals surface area (Å²) in [6.45, 7) is 1.33. The van der Waals surface area contributed by atoms with Crippen LogP contribution in [-0.2, 0) is 47.1 Å². The molecule has 2 unspecified atom stereocenters. The van der Waals surface area contributed by atoms with Gasteiger partial charge in [-0.25, -0.2) is 4.39 Å². The molecule has 0 bridgehead atoms. The summed E-state index contributed by atoms with van der Waals surface area (Å²) in [5, 5.41) is 4.70. The summed E-state index contributed by atoms with van der Waals surface area (Å²) in [4.78, 5) is 30.2. The molecular weight excluding hydrogens is 323 g/mol. The Morgan fingerprint density at radius 2 is 2.06 bits per heavy atom. The van der Waals surface area contributed by atoms with Crippen molar-refractivity contribution >= 4 is 30.0 Å². The van der Waals surface area contributed by atoms with Gasteiger partial charge in [0.15, 0.2) is 0 Å². The van der Waals surface area contributed by atoms with Crippen LogP contribution in [-0.4, -0.2) is 36.0 Å². The Hall–Kier alpha value is -0.00610. The van der Waals surface area contributed by atoms with E-state index in [4.69, 9.17) is 4.79 Å². The molecule has 2 atom stereocenters. The average molecular weight is 337 g/mol. The molecule has 1 N–H and O–H groups in total. The van der Waals surface area contributed by atoms with E-state index in [2.05, 4.69) is 10.6 Å². The van der Waals surface area contributed by atoms with Crippen molar-refractivity contribution in [3.8, 4) is 0 Å². The van der Waals surface area contributed by atoms with Crippen molar-refractivity contribution in [1.82, 2.24) is 5.32 Å². The van der Waals surface area contributed by atoms with Gasteiger partial charge in [-0.2, -0.15) is 6.41 Å². The van der Waals surface area contributed by atoms with Crippen molar-refractivity contribution in [2.75, 3.05) is 7.05 Å². The van der Waals surface area contributed by atoms with Gasteiger partial charge in [0.1, 0.15) is 5.50 Å². The molecule has 17 heavy (non-hydrogen) atoms. The van der Waals surface area contributed by atoms with E-state index in [1.807, 2.05) is 0 Å². The Balaban J connectivity index is -0.000000289. The van der Waals surface area contributed by atoms with Gasteiger partial charge in [-0.05, 0) is 14.0 Å². The number of carbonyl (C=O) groups is 2. The molecule has 1 fully saturated rings. The van der Waals surface area contributed by atoms with Crippen molar-refractivity contribution in [2.24, 2.45) is 0 Å². The van der Waals surface area contributed by atoms with Crippen molar-refractivity contribution in [2.45, 2.75) is 24.1 Å². The number of amides is 3. The van der Waals surface area contributed by atoms with E-state index in [1.54, 1.807) is 0 Å². The Bertz CT molecular complexity index is 254. The third kappa shape index (κ3) is 10.8. The van der Waals surface area contributed by atoms with Crippen LogP contribution in [0.25, 0.3) is 5.32 Å². The minimum absolute atomic E-state index is 0. The number of rotatable bonds is 3. The van der Waals surface area contributed by atoms with Crippen LogP contribution in [0.15, 0.2) is 0 Å². The molecule has 94 valence electrons. The summed E-state index contributed by atoms with van der Waals surface area (Å²) in [6.07, 6.45) is 1.48. The van der Waals surface area contributed by atoms with E-state index in [0.29, 0.717) is 0 Å². The number of halogens is 1. The van der Waals surface area contributed by atoms with Crippen LogP contribution < -0.4 is 5.32 Å². The minimum atomic E-state index is -1.12. The second-order valence-corrected chi connectivity index (χ2v) is 4.06. The fourth-order valence-electron chi connectivity index (χ4n) is 0.819. The number of thioether (sulfide) groups is 1. The zero-order valence-corrected chi connectivity index (χ0v) is 13.6. The van der Waals surface area contributed by atoms with Gasteiger partial charge in [-0.15, -0.1) is 11.8 Å². The van der Waals surface area contributed by atoms with Crippen LogP contribution in [0, 0.1) is 7.43 Å². The molecule has 0 saturated carbocycles. The number of nitrogens with one attached hydrogen (secondary N) is 1. The van der Waals surface area contributed by atoms with Gasteiger partial charge in [0.05, 0.1) is 17.1 Å². The first-order chi connectivity index (χ1) is 7.01. The molecule has 0 radical (unpaired) electrons. The van der Waals surface area contributed by atoms with Gasteiger partial charge in [0.2, 0.25) is 0 Å². The van der Waals surface area contributed by atoms with E-state index in [0.717, 1.165) is 11.8 Å². The average Bonchev–Trinajstić information content (AvgIpc) is 2.45. The number of hydrogen-bond acceptors (Lipinski definition) is 4. The second kappa shape index (κ2) is 12.5. The quantitative estimate of drug-likeness (QED) is 0.473. The van der Waals surface area contributed by atoms with Gasteiger partial charge in [0.25, 0.3) is 0 Å². The molecule has 1 rings (SSSR count). The molecule has 1 aliphatic rings. The van der Waals surface area contributed by atoms with Gasteiger partial charge in [0, 0.05) is 6.42 Å². The molecule has 0 aliphatic carbocycles. The van der Waals surface area contributed by atoms with Crippen molar-refractivity contribution < 1.29 is 51.5 Å². The summed E-state index contributed by atoms with van der Waals surface area (Å²) >= 11 is 0.843. The normalized spacial score (nSPS) is 18.6. The molecule has 1 aliphatic heterocycles. The predicted octanol–water partition coefficient (Wildman–Crippen LogP) is 0.955. The monoisotopic (exact) mass is 337 g/mol. The van der Waals surface area contributed by atoms with Crippen LogP contribution in [0.3, 0.4) is 0 Å². The number of hydrogen-bond donors (Lipinski definition) is 1. The fourth-order valence-corrected chi connectivity index (χ4v) is 1.68. The maximum Gasteiger partial charge on any atom is 3.00 e. The summed E-state index contributed by atoms with van der Waals surface area (Å²) in [6, 6.07) is 0. The van der Waals surface area contributed by atoms with Gasteiger partial charge in [-0.1, -0.05) is 0 Å². The molecule has 0 aromatic carbocycles. The summed E-state index contributed by atoms with van der Waals surface area (Å²) < 4.78 is 12.3. The van der Waals surface area contributed by atoms with Crippen LogP contribution >= 0.6 is 11.8 Å². The molecule has 0 aromatic heterocycles. The van der Waals surface area contributed by atoms with Crippen molar-refractivity contribution in [1.29, 1.82) is 0 Å². The molecule has 0 aromatic rings. The molecule has 8 heteroatoms. The maximum atomic E-state index is 12.3. The van der Waals surface area contributed by atoms with Crippen molar-refractivity contribution in [3.05, 3.63) is 12.7 Å². The zero-order chi connectivity index (χ0) is 11.8. The number of imide groups is 1. The predicted molar refractivity (Wildman–Crippen MR) is 61.1 cm³/mol. The second-order valence-electron chi connectivity index (χ2n) is 2.57. The molecule has 1 heterocycles. The number of nitrogens with zero attached hydrogens (tertiary/aromatic N) is 1. The summed E-state index contributed by atoms with van der Waals surface area (Å²) in [7, 11) is 1.51. The Morgan fingerprint density at radius 3 is 2.29 bits per heavy atom. The van der Waals surface area contributed by atoms with Crippen LogP contribution in [0.4, 0.5) is 4.39 Å². The molecular formula is C9H14FN2O3SY. The van der Waals surface area contributed by atoms with Gasteiger partial charge in [-0.3, -0.25) is 0 Å². The van der Waals surface area contributed by atoms with E-state index in [-0.39, 0.29) is 46.6 Å². The van der Waals surface area contributed by atoms with Crippen molar-refractivity contribution in [3.63, 3.8) is 0 Å². The van der Waals surface area contributed by atoms with E-state index in [1.165, 1.54) is 20.4 Å². The van der Waals surface area contributed by atoms with E-state index < -0.39 is 22.6 Å². The first-order valence-electron chi connectivity index (χ1n) is 4.13. The van der Waals surface area contributed by atoms with E-state index in [9.17, 15) is 14.0 Å². The largest absolute Gasteiger partial charge is 3.00 e. The fraction of sp³-hybridized carbons (Fsp3) is 0.556. The molecule has 1 saturated heterocycles. The topological polar surface area (TPSA) is 77.3 Å². The smallest absolute Gasteiger partial charge is 0.595 e. The molecule has 0 spiro atoms. The number of alkyl halides is 1. The first kappa shape index (κ1) is 22.2. The number of carbonyl (C=O) groups excluding carboxylic acids is 3. The maximum absolute atomic E-state index is 12.3. The zero-order valence-electron chi connectivity index (χ0n) is 9.90. The van der Waals surface area contributed by atoms with Crippen LogP contribution in [0.5, 0.6) is 0 Å².